The molecule has 1 heterocycles. The molecule has 1 amide bonds. The zero-order valence-corrected chi connectivity index (χ0v) is 19.4. The summed E-state index contributed by atoms with van der Waals surface area (Å²) in [6.07, 6.45) is -1.31. The second-order valence-electron chi connectivity index (χ2n) is 7.92. The summed E-state index contributed by atoms with van der Waals surface area (Å²) >= 11 is 0. The fourth-order valence-electron chi connectivity index (χ4n) is 3.94. The summed E-state index contributed by atoms with van der Waals surface area (Å²) in [5, 5.41) is 0. The van der Waals surface area contributed by atoms with Gasteiger partial charge in [0.15, 0.2) is 9.84 Å². The van der Waals surface area contributed by atoms with Gasteiger partial charge in [-0.2, -0.15) is 0 Å². The van der Waals surface area contributed by atoms with Crippen molar-refractivity contribution >= 4 is 27.4 Å². The van der Waals surface area contributed by atoms with Crippen LogP contribution in [0, 0.1) is 11.6 Å². The van der Waals surface area contributed by atoms with E-state index in [0.29, 0.717) is 5.75 Å². The first-order chi connectivity index (χ1) is 16.7. The molecular formula is C25H21F2NO6S. The van der Waals surface area contributed by atoms with Crippen LogP contribution in [0.5, 0.6) is 5.75 Å². The monoisotopic (exact) mass is 501 g/mol. The minimum absolute atomic E-state index is 0.244. The summed E-state index contributed by atoms with van der Waals surface area (Å²) in [6.45, 7) is 0. The van der Waals surface area contributed by atoms with Crippen molar-refractivity contribution in [1.29, 1.82) is 0 Å². The lowest BCUT2D eigenvalue weighted by Gasteiger charge is -2.32. The highest BCUT2D eigenvalue weighted by Gasteiger charge is 2.46. The summed E-state index contributed by atoms with van der Waals surface area (Å²) in [5.41, 5.74) is -0.410. The number of nitrogens with zero attached hydrogens (tertiary/aromatic N) is 1. The van der Waals surface area contributed by atoms with Gasteiger partial charge in [-0.05, 0) is 48.5 Å². The zero-order chi connectivity index (χ0) is 25.2. The average molecular weight is 502 g/mol. The molecule has 2 unspecified atom stereocenters. The number of benzene rings is 3. The number of ether oxygens (including phenoxy) is 2. The van der Waals surface area contributed by atoms with Crippen LogP contribution in [0.25, 0.3) is 0 Å². The van der Waals surface area contributed by atoms with E-state index in [1.807, 2.05) is 0 Å². The Morgan fingerprint density at radius 3 is 2.00 bits per heavy atom. The molecule has 1 aliphatic rings. The molecule has 0 aliphatic carbocycles. The predicted octanol–water partition coefficient (Wildman–Crippen LogP) is 3.64. The highest BCUT2D eigenvalue weighted by Crippen LogP contribution is 2.31. The number of halogens is 2. The molecule has 0 saturated carbocycles. The highest BCUT2D eigenvalue weighted by molar-refractivity contribution is 7.91. The van der Waals surface area contributed by atoms with Gasteiger partial charge in [-0.25, -0.2) is 22.0 Å². The van der Waals surface area contributed by atoms with Crippen molar-refractivity contribution in [3.8, 4) is 5.75 Å². The van der Waals surface area contributed by atoms with E-state index in [-0.39, 0.29) is 16.8 Å². The number of methoxy groups -OCH3 is 1. The van der Waals surface area contributed by atoms with E-state index in [1.165, 1.54) is 55.6 Å². The van der Waals surface area contributed by atoms with Crippen molar-refractivity contribution in [3.63, 3.8) is 0 Å². The first kappa shape index (κ1) is 24.3. The van der Waals surface area contributed by atoms with Crippen molar-refractivity contribution in [1.82, 2.24) is 0 Å². The Bertz CT molecular complexity index is 1360. The molecule has 0 spiro atoms. The second-order valence-corrected chi connectivity index (χ2v) is 10.1. The van der Waals surface area contributed by atoms with Crippen LogP contribution in [0.15, 0.2) is 72.8 Å². The maximum absolute atomic E-state index is 14.5. The number of esters is 1. The van der Waals surface area contributed by atoms with Gasteiger partial charge in [-0.3, -0.25) is 4.79 Å². The lowest BCUT2D eigenvalue weighted by molar-refractivity contribution is 0.0309. The van der Waals surface area contributed by atoms with Crippen LogP contribution in [0.3, 0.4) is 0 Å². The molecule has 3 aromatic rings. The van der Waals surface area contributed by atoms with Crippen molar-refractivity contribution < 1.29 is 36.3 Å². The largest absolute Gasteiger partial charge is 0.497 e. The van der Waals surface area contributed by atoms with Gasteiger partial charge in [0.25, 0.3) is 5.91 Å². The molecule has 3 aromatic carbocycles. The van der Waals surface area contributed by atoms with Crippen LogP contribution >= 0.6 is 0 Å². The van der Waals surface area contributed by atoms with Crippen LogP contribution in [0.2, 0.25) is 0 Å². The second kappa shape index (κ2) is 9.83. The van der Waals surface area contributed by atoms with Crippen LogP contribution in [0.1, 0.15) is 20.7 Å². The van der Waals surface area contributed by atoms with Gasteiger partial charge in [0.05, 0.1) is 35.8 Å². The van der Waals surface area contributed by atoms with Crippen molar-refractivity contribution in [2.24, 2.45) is 0 Å². The standard InChI is InChI=1S/C25H21F2NO6S/c1-33-17-12-10-16(11-13-17)28(24(29)18-6-2-4-8-20(18)26)22-14-35(31,32)15-23(22)34-25(30)19-7-3-5-9-21(19)27/h2-13,22-23H,14-15H2,1H3. The number of carbonyl (C=O) groups is 2. The first-order valence-corrected chi connectivity index (χ1v) is 12.4. The van der Waals surface area contributed by atoms with Gasteiger partial charge in [0.1, 0.15) is 23.5 Å². The van der Waals surface area contributed by atoms with Crippen LogP contribution < -0.4 is 9.64 Å². The fraction of sp³-hybridized carbons (Fsp3) is 0.200. The van der Waals surface area contributed by atoms with Crippen LogP contribution in [-0.2, 0) is 14.6 Å². The van der Waals surface area contributed by atoms with E-state index in [1.54, 1.807) is 12.1 Å². The number of hydrogen-bond donors (Lipinski definition) is 0. The third kappa shape index (κ3) is 5.17. The van der Waals surface area contributed by atoms with E-state index in [2.05, 4.69) is 0 Å². The molecule has 1 saturated heterocycles. The summed E-state index contributed by atoms with van der Waals surface area (Å²) < 4.78 is 64.4. The molecule has 0 N–H and O–H groups in total. The number of hydrogen-bond acceptors (Lipinski definition) is 6. The van der Waals surface area contributed by atoms with Crippen molar-refractivity contribution in [2.75, 3.05) is 23.5 Å². The van der Waals surface area contributed by atoms with Crippen LogP contribution in [0.4, 0.5) is 14.5 Å². The smallest absolute Gasteiger partial charge is 0.341 e. The first-order valence-electron chi connectivity index (χ1n) is 10.6. The lowest BCUT2D eigenvalue weighted by Crippen LogP contribution is -2.48. The normalized spacial score (nSPS) is 18.6. The van der Waals surface area contributed by atoms with E-state index in [0.717, 1.165) is 17.0 Å². The number of rotatable bonds is 6. The van der Waals surface area contributed by atoms with Gasteiger partial charge in [0.2, 0.25) is 0 Å². The van der Waals surface area contributed by atoms with Gasteiger partial charge < -0.3 is 14.4 Å². The minimum atomic E-state index is -3.76. The van der Waals surface area contributed by atoms with Crippen molar-refractivity contribution in [2.45, 2.75) is 12.1 Å². The number of amides is 1. The van der Waals surface area contributed by atoms with Gasteiger partial charge >= 0.3 is 5.97 Å². The maximum atomic E-state index is 14.5. The van der Waals surface area contributed by atoms with E-state index in [4.69, 9.17) is 9.47 Å². The quantitative estimate of drug-likeness (QED) is 0.479. The molecule has 10 heteroatoms. The summed E-state index contributed by atoms with van der Waals surface area (Å²) in [4.78, 5) is 27.3. The number of anilines is 1. The highest BCUT2D eigenvalue weighted by atomic mass is 32.2. The Labute approximate surface area is 200 Å². The minimum Gasteiger partial charge on any atom is -0.497 e. The Kier molecular flexibility index (Phi) is 6.83. The van der Waals surface area contributed by atoms with Crippen LogP contribution in [-0.4, -0.2) is 51.1 Å². The third-order valence-corrected chi connectivity index (χ3v) is 7.32. The topological polar surface area (TPSA) is 90.0 Å². The molecule has 1 fully saturated rings. The van der Waals surface area contributed by atoms with Crippen molar-refractivity contribution in [3.05, 3.63) is 95.6 Å². The Morgan fingerprint density at radius 1 is 0.857 bits per heavy atom. The molecule has 0 aromatic heterocycles. The molecule has 7 nitrogen and oxygen atoms in total. The molecule has 2 atom stereocenters. The average Bonchev–Trinajstić information content (AvgIpc) is 3.13. The Hall–Kier alpha value is -3.79. The van der Waals surface area contributed by atoms with Gasteiger partial charge in [-0.15, -0.1) is 0 Å². The molecule has 35 heavy (non-hydrogen) atoms. The van der Waals surface area contributed by atoms with E-state index < -0.39 is 57.0 Å². The molecule has 4 rings (SSSR count). The van der Waals surface area contributed by atoms with Gasteiger partial charge in [-0.1, -0.05) is 24.3 Å². The van der Waals surface area contributed by atoms with E-state index in [9.17, 15) is 26.8 Å². The molecule has 1 aliphatic heterocycles. The summed E-state index contributed by atoms with van der Waals surface area (Å²) in [5.74, 6) is -4.14. The van der Waals surface area contributed by atoms with Gasteiger partial charge in [0, 0.05) is 5.69 Å². The predicted molar refractivity (Wildman–Crippen MR) is 124 cm³/mol. The number of sulfone groups is 1. The fourth-order valence-corrected chi connectivity index (χ4v) is 5.76. The number of carbonyl (C=O) groups excluding carboxylic acids is 2. The zero-order valence-electron chi connectivity index (χ0n) is 18.6. The molecular weight excluding hydrogens is 480 g/mol. The SMILES string of the molecule is COc1ccc(N(C(=O)c2ccccc2F)C2CS(=O)(=O)CC2OC(=O)c2ccccc2F)cc1. The Balaban J connectivity index is 1.76. The molecule has 182 valence electrons. The molecule has 0 radical (unpaired) electrons. The summed E-state index contributed by atoms with van der Waals surface area (Å²) in [6, 6.07) is 15.4. The lowest BCUT2D eigenvalue weighted by atomic mass is 10.1. The summed E-state index contributed by atoms with van der Waals surface area (Å²) in [7, 11) is -2.30. The van der Waals surface area contributed by atoms with E-state index >= 15 is 0 Å². The maximum Gasteiger partial charge on any atom is 0.341 e. The Morgan fingerprint density at radius 2 is 1.43 bits per heavy atom. The third-order valence-electron chi connectivity index (χ3n) is 5.63. The molecule has 0 bridgehead atoms.